The minimum atomic E-state index is -0.900. The Morgan fingerprint density at radius 2 is 2.00 bits per heavy atom. The molecule has 5 heteroatoms. The highest BCUT2D eigenvalue weighted by atomic mass is 32.1. The average Bonchev–Trinajstić information content (AvgIpc) is 3.05. The number of Topliss-reactive ketones (excluding diaryl/α,β-unsaturated/α-hetero) is 1. The van der Waals surface area contributed by atoms with Crippen LogP contribution in [0.25, 0.3) is 16.3 Å². The number of carbonyl (C=O) groups excluding carboxylic acids is 1. The molecule has 0 amide bonds. The van der Waals surface area contributed by atoms with Crippen molar-refractivity contribution in [1.82, 2.24) is 4.98 Å². The molecule has 1 atom stereocenters. The van der Waals surface area contributed by atoms with Crippen molar-refractivity contribution >= 4 is 33.4 Å². The summed E-state index contributed by atoms with van der Waals surface area (Å²) in [6, 6.07) is 17.3. The molecule has 2 aromatic carbocycles. The summed E-state index contributed by atoms with van der Waals surface area (Å²) in [4.78, 5) is 17.3. The van der Waals surface area contributed by atoms with Crippen LogP contribution in [0.4, 0.5) is 0 Å². The van der Waals surface area contributed by atoms with E-state index in [-0.39, 0.29) is 12.4 Å². The third-order valence-electron chi connectivity index (χ3n) is 3.90. The maximum atomic E-state index is 12.8. The number of benzene rings is 2. The fourth-order valence-corrected chi connectivity index (χ4v) is 3.70. The highest BCUT2D eigenvalue weighted by molar-refractivity contribution is 7.18. The summed E-state index contributed by atoms with van der Waals surface area (Å²) < 4.78 is 6.60. The Bertz CT molecular complexity index is 980. The van der Waals surface area contributed by atoms with Crippen molar-refractivity contribution in [3.8, 4) is 11.8 Å². The van der Waals surface area contributed by atoms with Gasteiger partial charge in [0.25, 0.3) is 0 Å². The first-order valence-electron chi connectivity index (χ1n) is 7.48. The van der Waals surface area contributed by atoms with Crippen molar-refractivity contribution < 1.29 is 9.53 Å². The lowest BCUT2D eigenvalue weighted by Crippen LogP contribution is -2.20. The lowest BCUT2D eigenvalue weighted by molar-refractivity contribution is -0.116. The molecule has 0 fully saturated rings. The predicted molar refractivity (Wildman–Crippen MR) is 92.9 cm³/mol. The topological polar surface area (TPSA) is 63.0 Å². The van der Waals surface area contributed by atoms with E-state index >= 15 is 0 Å². The third kappa shape index (κ3) is 2.47. The van der Waals surface area contributed by atoms with Crippen LogP contribution < -0.4 is 4.74 Å². The Morgan fingerprint density at radius 3 is 2.83 bits per heavy atom. The highest BCUT2D eigenvalue weighted by Crippen LogP contribution is 2.32. The van der Waals surface area contributed by atoms with E-state index in [4.69, 9.17) is 4.74 Å². The minimum absolute atomic E-state index is 0.179. The third-order valence-corrected chi connectivity index (χ3v) is 5.00. The fourth-order valence-electron chi connectivity index (χ4n) is 2.68. The van der Waals surface area contributed by atoms with E-state index in [0.717, 1.165) is 21.5 Å². The first kappa shape index (κ1) is 14.6. The van der Waals surface area contributed by atoms with Gasteiger partial charge < -0.3 is 4.74 Å². The number of hydrogen-bond donors (Lipinski definition) is 0. The van der Waals surface area contributed by atoms with Gasteiger partial charge in [-0.25, -0.2) is 4.98 Å². The molecule has 0 aliphatic carbocycles. The largest absolute Gasteiger partial charge is 0.488 e. The summed E-state index contributed by atoms with van der Waals surface area (Å²) in [5.74, 6) is -0.392. The standard InChI is InChI=1S/C19H12N2O2S/c20-10-14(19-21-15-6-2-4-8-17(15)24-19)18(22)13-9-12-5-1-3-7-16(12)23-11-13/h1-9,14H,11H2/t14-/m0/s1. The van der Waals surface area contributed by atoms with Crippen LogP contribution in [0.15, 0.2) is 54.1 Å². The molecule has 0 saturated heterocycles. The second kappa shape index (κ2) is 5.91. The number of nitriles is 1. The summed E-state index contributed by atoms with van der Waals surface area (Å²) in [6.07, 6.45) is 1.80. The SMILES string of the molecule is N#C[C@@H](C(=O)C1=Cc2ccccc2OC1)c1nc2ccccc2s1. The monoisotopic (exact) mass is 332 g/mol. The number of fused-ring (bicyclic) bond motifs is 2. The maximum absolute atomic E-state index is 12.8. The summed E-state index contributed by atoms with van der Waals surface area (Å²) in [5, 5.41) is 10.1. The first-order chi connectivity index (χ1) is 11.8. The number of carbonyl (C=O) groups is 1. The molecule has 0 spiro atoms. The lowest BCUT2D eigenvalue weighted by Gasteiger charge is -2.18. The molecule has 4 rings (SSSR count). The fraction of sp³-hybridized carbons (Fsp3) is 0.105. The van der Waals surface area contributed by atoms with Gasteiger partial charge in [0.2, 0.25) is 0 Å². The van der Waals surface area contributed by atoms with E-state index in [1.165, 1.54) is 11.3 Å². The molecule has 0 unspecified atom stereocenters. The van der Waals surface area contributed by atoms with Crippen molar-refractivity contribution in [2.75, 3.05) is 6.61 Å². The Morgan fingerprint density at radius 1 is 1.21 bits per heavy atom. The summed E-state index contributed by atoms with van der Waals surface area (Å²) in [5.41, 5.74) is 2.16. The molecule has 4 nitrogen and oxygen atoms in total. The Balaban J connectivity index is 1.70. The van der Waals surface area contributed by atoms with Crippen molar-refractivity contribution in [1.29, 1.82) is 5.26 Å². The van der Waals surface area contributed by atoms with Gasteiger partial charge in [0.1, 0.15) is 17.4 Å². The molecule has 1 aromatic heterocycles. The number of aromatic nitrogens is 1. The molecule has 3 aromatic rings. The van der Waals surface area contributed by atoms with Crippen molar-refractivity contribution in [3.05, 3.63) is 64.7 Å². The van der Waals surface area contributed by atoms with Crippen LogP contribution >= 0.6 is 11.3 Å². The summed E-state index contributed by atoms with van der Waals surface area (Å²) in [6.45, 7) is 0.179. The summed E-state index contributed by atoms with van der Waals surface area (Å²) in [7, 11) is 0. The number of rotatable bonds is 3. The van der Waals surface area contributed by atoms with E-state index in [1.807, 2.05) is 48.5 Å². The highest BCUT2D eigenvalue weighted by Gasteiger charge is 2.28. The normalized spacial score (nSPS) is 14.2. The molecule has 1 aliphatic rings. The van der Waals surface area contributed by atoms with Crippen molar-refractivity contribution in [2.45, 2.75) is 5.92 Å². The maximum Gasteiger partial charge on any atom is 0.186 e. The van der Waals surface area contributed by atoms with Gasteiger partial charge in [-0.15, -0.1) is 11.3 Å². The van der Waals surface area contributed by atoms with Crippen LogP contribution in [0.1, 0.15) is 16.5 Å². The molecule has 116 valence electrons. The number of nitrogens with zero attached hydrogens (tertiary/aromatic N) is 2. The van der Waals surface area contributed by atoms with Crippen molar-refractivity contribution in [3.63, 3.8) is 0 Å². The first-order valence-corrected chi connectivity index (χ1v) is 8.29. The van der Waals surface area contributed by atoms with E-state index < -0.39 is 5.92 Å². The number of para-hydroxylation sites is 2. The predicted octanol–water partition coefficient (Wildman–Crippen LogP) is 3.95. The Labute approximate surface area is 142 Å². The molecule has 24 heavy (non-hydrogen) atoms. The van der Waals surface area contributed by atoms with Crippen molar-refractivity contribution in [2.24, 2.45) is 0 Å². The van der Waals surface area contributed by atoms with Gasteiger partial charge in [-0.1, -0.05) is 30.3 Å². The van der Waals surface area contributed by atoms with Crippen LogP contribution in [0.3, 0.4) is 0 Å². The van der Waals surface area contributed by atoms with Gasteiger partial charge in [0.05, 0.1) is 16.3 Å². The van der Waals surface area contributed by atoms with Crippen LogP contribution in [0.5, 0.6) is 5.75 Å². The molecule has 2 heterocycles. The quantitative estimate of drug-likeness (QED) is 0.728. The smallest absolute Gasteiger partial charge is 0.186 e. The Kier molecular flexibility index (Phi) is 3.60. The van der Waals surface area contributed by atoms with Gasteiger partial charge in [-0.05, 0) is 24.3 Å². The summed E-state index contributed by atoms with van der Waals surface area (Å²) >= 11 is 1.39. The second-order valence-electron chi connectivity index (χ2n) is 5.44. The molecule has 0 saturated carbocycles. The zero-order valence-corrected chi connectivity index (χ0v) is 13.4. The second-order valence-corrected chi connectivity index (χ2v) is 6.50. The molecule has 1 aliphatic heterocycles. The minimum Gasteiger partial charge on any atom is -0.488 e. The zero-order chi connectivity index (χ0) is 16.5. The zero-order valence-electron chi connectivity index (χ0n) is 12.6. The van der Waals surface area contributed by atoms with E-state index in [2.05, 4.69) is 11.1 Å². The molecule has 0 radical (unpaired) electrons. The van der Waals surface area contributed by atoms with Gasteiger partial charge in [0, 0.05) is 11.1 Å². The van der Waals surface area contributed by atoms with Gasteiger partial charge >= 0.3 is 0 Å². The number of hydrogen-bond acceptors (Lipinski definition) is 5. The molecule has 0 N–H and O–H groups in total. The van der Waals surface area contributed by atoms with Crippen LogP contribution in [-0.4, -0.2) is 17.4 Å². The number of ether oxygens (including phenoxy) is 1. The van der Waals surface area contributed by atoms with Gasteiger partial charge in [-0.3, -0.25) is 4.79 Å². The molecule has 0 bridgehead atoms. The van der Waals surface area contributed by atoms with Gasteiger partial charge in [0.15, 0.2) is 11.7 Å². The molecular weight excluding hydrogens is 320 g/mol. The van der Waals surface area contributed by atoms with E-state index in [0.29, 0.717) is 10.6 Å². The number of ketones is 1. The van der Waals surface area contributed by atoms with Gasteiger partial charge in [-0.2, -0.15) is 5.26 Å². The number of thiazole rings is 1. The van der Waals surface area contributed by atoms with Crippen LogP contribution in [-0.2, 0) is 4.79 Å². The van der Waals surface area contributed by atoms with Crippen LogP contribution in [0, 0.1) is 11.3 Å². The lowest BCUT2D eigenvalue weighted by atomic mass is 9.96. The molecular formula is C19H12N2O2S. The van der Waals surface area contributed by atoms with Crippen LogP contribution in [0.2, 0.25) is 0 Å². The average molecular weight is 332 g/mol. The van der Waals surface area contributed by atoms with E-state index in [9.17, 15) is 10.1 Å². The van der Waals surface area contributed by atoms with E-state index in [1.54, 1.807) is 6.08 Å². The Hall–Kier alpha value is -2.97.